The summed E-state index contributed by atoms with van der Waals surface area (Å²) in [6.45, 7) is 0. The van der Waals surface area contributed by atoms with Gasteiger partial charge in [-0.15, -0.1) is 0 Å². The van der Waals surface area contributed by atoms with E-state index in [9.17, 15) is 4.79 Å². The molecule has 78 valence electrons. The number of rotatable bonds is 1. The first-order valence-electron chi connectivity index (χ1n) is 4.15. The fourth-order valence-corrected chi connectivity index (χ4v) is 1.68. The zero-order valence-electron chi connectivity index (χ0n) is 7.82. The number of nitrogens with zero attached hydrogens (tertiary/aromatic N) is 3. The van der Waals surface area contributed by atoms with Gasteiger partial charge in [0.2, 0.25) is 0 Å². The summed E-state index contributed by atoms with van der Waals surface area (Å²) in [5.41, 5.74) is 0.269. The summed E-state index contributed by atoms with van der Waals surface area (Å²) in [5.74, 6) is 0. The Kier molecular flexibility index (Phi) is 2.54. The molecule has 0 saturated carbocycles. The second-order valence-electron chi connectivity index (χ2n) is 3.03. The third-order valence-corrected chi connectivity index (χ3v) is 2.50. The van der Waals surface area contributed by atoms with E-state index in [1.54, 1.807) is 25.2 Å². The first-order chi connectivity index (χ1) is 7.09. The fourth-order valence-electron chi connectivity index (χ4n) is 1.20. The van der Waals surface area contributed by atoms with Gasteiger partial charge in [0.1, 0.15) is 6.33 Å². The van der Waals surface area contributed by atoms with Crippen LogP contribution in [0.1, 0.15) is 0 Å². The molecule has 1 aromatic carbocycles. The molecule has 0 saturated heterocycles. The smallest absolute Gasteiger partial charge is 0.284 e. The molecule has 0 aliphatic rings. The van der Waals surface area contributed by atoms with Crippen LogP contribution in [0.25, 0.3) is 5.69 Å². The van der Waals surface area contributed by atoms with Gasteiger partial charge in [-0.25, -0.2) is 4.79 Å². The standard InChI is InChI=1S/C9H7Cl2N3O/c1-13-5-12-14(9(13)15)8-3-2-6(10)4-7(8)11/h2-5H,1H3. The molecule has 15 heavy (non-hydrogen) atoms. The van der Waals surface area contributed by atoms with Gasteiger partial charge >= 0.3 is 5.69 Å². The summed E-state index contributed by atoms with van der Waals surface area (Å²) in [6, 6.07) is 4.88. The first kappa shape index (κ1) is 10.3. The highest BCUT2D eigenvalue weighted by Crippen LogP contribution is 2.22. The average molecular weight is 244 g/mol. The van der Waals surface area contributed by atoms with Crippen LogP contribution < -0.4 is 5.69 Å². The second-order valence-corrected chi connectivity index (χ2v) is 3.88. The molecule has 0 bridgehead atoms. The van der Waals surface area contributed by atoms with Gasteiger partial charge < -0.3 is 0 Å². The quantitative estimate of drug-likeness (QED) is 0.768. The Hall–Kier alpha value is -1.26. The molecule has 2 rings (SSSR count). The predicted molar refractivity (Wildman–Crippen MR) is 58.8 cm³/mol. The van der Waals surface area contributed by atoms with E-state index >= 15 is 0 Å². The summed E-state index contributed by atoms with van der Waals surface area (Å²) < 4.78 is 2.59. The molecule has 0 aliphatic heterocycles. The van der Waals surface area contributed by atoms with Crippen molar-refractivity contribution in [1.29, 1.82) is 0 Å². The topological polar surface area (TPSA) is 39.8 Å². The Morgan fingerprint density at radius 2 is 2.07 bits per heavy atom. The van der Waals surface area contributed by atoms with E-state index < -0.39 is 0 Å². The van der Waals surface area contributed by atoms with Crippen LogP contribution in [-0.4, -0.2) is 14.3 Å². The average Bonchev–Trinajstić information content (AvgIpc) is 2.49. The van der Waals surface area contributed by atoms with E-state index in [4.69, 9.17) is 23.2 Å². The Morgan fingerprint density at radius 3 is 2.60 bits per heavy atom. The molecule has 0 amide bonds. The second kappa shape index (κ2) is 3.72. The predicted octanol–water partition coefficient (Wildman–Crippen LogP) is 1.88. The van der Waals surface area contributed by atoms with Crippen LogP contribution >= 0.6 is 23.2 Å². The van der Waals surface area contributed by atoms with Gasteiger partial charge in [0, 0.05) is 12.1 Å². The van der Waals surface area contributed by atoms with Crippen molar-refractivity contribution >= 4 is 23.2 Å². The minimum absolute atomic E-state index is 0.251. The number of hydrogen-bond acceptors (Lipinski definition) is 2. The normalized spacial score (nSPS) is 10.6. The van der Waals surface area contributed by atoms with Crippen molar-refractivity contribution in [3.05, 3.63) is 45.1 Å². The lowest BCUT2D eigenvalue weighted by Gasteiger charge is -2.02. The van der Waals surface area contributed by atoms with Gasteiger partial charge in [0.15, 0.2) is 0 Å². The third-order valence-electron chi connectivity index (χ3n) is 1.96. The monoisotopic (exact) mass is 243 g/mol. The number of hydrogen-bond donors (Lipinski definition) is 0. The molecule has 0 atom stereocenters. The highest BCUT2D eigenvalue weighted by molar-refractivity contribution is 6.35. The van der Waals surface area contributed by atoms with Crippen molar-refractivity contribution in [3.8, 4) is 5.69 Å². The highest BCUT2D eigenvalue weighted by Gasteiger charge is 2.08. The molecule has 2 aromatic rings. The number of halogens is 2. The molecule has 0 unspecified atom stereocenters. The van der Waals surface area contributed by atoms with Gasteiger partial charge in [-0.05, 0) is 18.2 Å². The third kappa shape index (κ3) is 1.78. The zero-order valence-corrected chi connectivity index (χ0v) is 9.33. The Labute approximate surface area is 95.7 Å². The van der Waals surface area contributed by atoms with Crippen molar-refractivity contribution in [2.75, 3.05) is 0 Å². The largest absolute Gasteiger partial charge is 0.350 e. The molecule has 0 aliphatic carbocycles. The SMILES string of the molecule is Cn1cnn(-c2ccc(Cl)cc2Cl)c1=O. The number of benzene rings is 1. The van der Waals surface area contributed by atoms with Crippen molar-refractivity contribution < 1.29 is 0 Å². The molecular formula is C9H7Cl2N3O. The lowest BCUT2D eigenvalue weighted by molar-refractivity contribution is 0.799. The van der Waals surface area contributed by atoms with E-state index in [1.807, 2.05) is 0 Å². The van der Waals surface area contributed by atoms with E-state index in [0.29, 0.717) is 15.7 Å². The van der Waals surface area contributed by atoms with Gasteiger partial charge in [-0.3, -0.25) is 4.57 Å². The minimum Gasteiger partial charge on any atom is -0.284 e. The van der Waals surface area contributed by atoms with Crippen molar-refractivity contribution in [2.45, 2.75) is 0 Å². The maximum absolute atomic E-state index is 11.6. The van der Waals surface area contributed by atoms with Crippen LogP contribution in [0.15, 0.2) is 29.3 Å². The molecule has 0 N–H and O–H groups in total. The number of aromatic nitrogens is 3. The summed E-state index contributed by atoms with van der Waals surface area (Å²) in [4.78, 5) is 11.6. The highest BCUT2D eigenvalue weighted by atomic mass is 35.5. The maximum Gasteiger partial charge on any atom is 0.350 e. The summed E-state index contributed by atoms with van der Waals surface area (Å²) in [7, 11) is 1.62. The maximum atomic E-state index is 11.6. The molecule has 4 nitrogen and oxygen atoms in total. The molecule has 0 spiro atoms. The fraction of sp³-hybridized carbons (Fsp3) is 0.111. The van der Waals surface area contributed by atoms with Crippen LogP contribution in [0.5, 0.6) is 0 Å². The lowest BCUT2D eigenvalue weighted by Crippen LogP contribution is -2.21. The van der Waals surface area contributed by atoms with E-state index in [0.717, 1.165) is 0 Å². The number of aryl methyl sites for hydroxylation is 1. The van der Waals surface area contributed by atoms with E-state index in [1.165, 1.54) is 15.6 Å². The molecule has 1 heterocycles. The first-order valence-corrected chi connectivity index (χ1v) is 4.91. The molecule has 0 radical (unpaired) electrons. The van der Waals surface area contributed by atoms with Gasteiger partial charge in [-0.2, -0.15) is 9.78 Å². The van der Waals surface area contributed by atoms with Crippen molar-refractivity contribution in [3.63, 3.8) is 0 Å². The Morgan fingerprint density at radius 1 is 1.33 bits per heavy atom. The van der Waals surface area contributed by atoms with E-state index in [2.05, 4.69) is 5.10 Å². The van der Waals surface area contributed by atoms with Crippen LogP contribution in [0.2, 0.25) is 10.0 Å². The van der Waals surface area contributed by atoms with Crippen LogP contribution in [0, 0.1) is 0 Å². The van der Waals surface area contributed by atoms with Crippen LogP contribution in [0.3, 0.4) is 0 Å². The summed E-state index contributed by atoms with van der Waals surface area (Å²) in [6.07, 6.45) is 1.42. The minimum atomic E-state index is -0.251. The molecular weight excluding hydrogens is 237 g/mol. The zero-order chi connectivity index (χ0) is 11.0. The van der Waals surface area contributed by atoms with Crippen molar-refractivity contribution in [2.24, 2.45) is 7.05 Å². The van der Waals surface area contributed by atoms with E-state index in [-0.39, 0.29) is 5.69 Å². The molecule has 6 heteroatoms. The molecule has 1 aromatic heterocycles. The van der Waals surface area contributed by atoms with Crippen molar-refractivity contribution in [1.82, 2.24) is 14.3 Å². The van der Waals surface area contributed by atoms with Gasteiger partial charge in [-0.1, -0.05) is 23.2 Å². The Balaban J connectivity index is 2.64. The van der Waals surface area contributed by atoms with Gasteiger partial charge in [0.05, 0.1) is 10.7 Å². The summed E-state index contributed by atoms with van der Waals surface area (Å²) >= 11 is 11.7. The Bertz CT molecular complexity index is 559. The summed E-state index contributed by atoms with van der Waals surface area (Å²) in [5, 5.41) is 4.83. The molecule has 0 fully saturated rings. The van der Waals surface area contributed by atoms with Gasteiger partial charge in [0.25, 0.3) is 0 Å². The van der Waals surface area contributed by atoms with Crippen LogP contribution in [0.4, 0.5) is 0 Å². The lowest BCUT2D eigenvalue weighted by atomic mass is 10.3. The van der Waals surface area contributed by atoms with Crippen LogP contribution in [-0.2, 0) is 7.05 Å².